The van der Waals surface area contributed by atoms with Crippen LogP contribution in [0.25, 0.3) is 0 Å². The zero-order chi connectivity index (χ0) is 21.7. The van der Waals surface area contributed by atoms with Crippen molar-refractivity contribution in [2.24, 2.45) is 5.92 Å². The summed E-state index contributed by atoms with van der Waals surface area (Å²) in [4.78, 5) is 14.9. The molecular formula is C26H36N2O2. The number of rotatable bonds is 7. The summed E-state index contributed by atoms with van der Waals surface area (Å²) in [6.07, 6.45) is 2.52. The number of benzene rings is 2. The fraction of sp³-hybridized carbons (Fsp3) is 0.500. The summed E-state index contributed by atoms with van der Waals surface area (Å²) in [5.74, 6) is 1.87. The summed E-state index contributed by atoms with van der Waals surface area (Å²) in [6, 6.07) is 14.7. The highest BCUT2D eigenvalue weighted by Gasteiger charge is 2.17. The van der Waals surface area contributed by atoms with Crippen LogP contribution in [0.2, 0.25) is 0 Å². The molecule has 1 amide bonds. The SMILES string of the molecule is Cc1ccc(C(C)C)c(OCC(=O)N[C@H](C)c2ccc(N3CCC(C)CC3)cc2)c1. The summed E-state index contributed by atoms with van der Waals surface area (Å²) in [6.45, 7) is 12.9. The number of carbonyl (C=O) groups is 1. The van der Waals surface area contributed by atoms with Crippen molar-refractivity contribution in [1.82, 2.24) is 5.32 Å². The maximum atomic E-state index is 12.5. The lowest BCUT2D eigenvalue weighted by atomic mass is 9.98. The highest BCUT2D eigenvalue weighted by molar-refractivity contribution is 5.78. The normalized spacial score (nSPS) is 15.9. The molecule has 1 fully saturated rings. The second kappa shape index (κ2) is 10.0. The molecule has 0 unspecified atom stereocenters. The molecule has 0 radical (unpaired) electrons. The van der Waals surface area contributed by atoms with Crippen molar-refractivity contribution in [1.29, 1.82) is 0 Å². The van der Waals surface area contributed by atoms with Crippen LogP contribution >= 0.6 is 0 Å². The number of amides is 1. The molecule has 4 nitrogen and oxygen atoms in total. The van der Waals surface area contributed by atoms with Gasteiger partial charge in [0.25, 0.3) is 5.91 Å². The molecule has 1 N–H and O–H groups in total. The summed E-state index contributed by atoms with van der Waals surface area (Å²) in [5.41, 5.74) is 4.64. The minimum Gasteiger partial charge on any atom is -0.483 e. The van der Waals surface area contributed by atoms with Crippen LogP contribution in [-0.2, 0) is 4.79 Å². The number of nitrogens with one attached hydrogen (secondary N) is 1. The summed E-state index contributed by atoms with van der Waals surface area (Å²) in [5, 5.41) is 3.06. The fourth-order valence-corrected chi connectivity index (χ4v) is 3.99. The number of aryl methyl sites for hydroxylation is 1. The average molecular weight is 409 g/mol. The second-order valence-corrected chi connectivity index (χ2v) is 9.03. The van der Waals surface area contributed by atoms with E-state index in [1.54, 1.807) is 0 Å². The maximum Gasteiger partial charge on any atom is 0.258 e. The zero-order valence-corrected chi connectivity index (χ0v) is 19.1. The first-order valence-corrected chi connectivity index (χ1v) is 11.2. The van der Waals surface area contributed by atoms with E-state index in [1.807, 2.05) is 19.9 Å². The lowest BCUT2D eigenvalue weighted by molar-refractivity contribution is -0.123. The molecule has 0 bridgehead atoms. The summed E-state index contributed by atoms with van der Waals surface area (Å²) in [7, 11) is 0. The van der Waals surface area contributed by atoms with Gasteiger partial charge in [-0.2, -0.15) is 0 Å². The highest BCUT2D eigenvalue weighted by atomic mass is 16.5. The van der Waals surface area contributed by atoms with E-state index >= 15 is 0 Å². The highest BCUT2D eigenvalue weighted by Crippen LogP contribution is 2.28. The quantitative estimate of drug-likeness (QED) is 0.647. The van der Waals surface area contributed by atoms with E-state index in [2.05, 4.69) is 67.4 Å². The predicted molar refractivity (Wildman–Crippen MR) is 124 cm³/mol. The summed E-state index contributed by atoms with van der Waals surface area (Å²) < 4.78 is 5.87. The molecule has 2 aromatic rings. The van der Waals surface area contributed by atoms with E-state index in [1.165, 1.54) is 18.5 Å². The Balaban J connectivity index is 1.54. The number of carbonyl (C=O) groups excluding carboxylic acids is 1. The molecule has 2 aromatic carbocycles. The number of anilines is 1. The first-order valence-electron chi connectivity index (χ1n) is 11.2. The molecular weight excluding hydrogens is 372 g/mol. The number of hydrogen-bond donors (Lipinski definition) is 1. The topological polar surface area (TPSA) is 41.6 Å². The Bertz CT molecular complexity index is 837. The van der Waals surface area contributed by atoms with Crippen LogP contribution in [0.1, 0.15) is 69.2 Å². The van der Waals surface area contributed by atoms with Crippen LogP contribution in [0.5, 0.6) is 5.75 Å². The molecule has 1 heterocycles. The van der Waals surface area contributed by atoms with Gasteiger partial charge in [-0.15, -0.1) is 0 Å². The standard InChI is InChI=1S/C26H36N2O2/c1-18(2)24-11-6-20(4)16-25(24)30-17-26(29)27-21(5)22-7-9-23(10-8-22)28-14-12-19(3)13-15-28/h6-11,16,18-19,21H,12-15,17H2,1-5H3,(H,27,29)/t21-/m1/s1. The molecule has 1 saturated heterocycles. The summed E-state index contributed by atoms with van der Waals surface area (Å²) >= 11 is 0. The van der Waals surface area contributed by atoms with Gasteiger partial charge in [0.1, 0.15) is 5.75 Å². The van der Waals surface area contributed by atoms with Gasteiger partial charge in [-0.1, -0.05) is 45.0 Å². The van der Waals surface area contributed by atoms with Gasteiger partial charge >= 0.3 is 0 Å². The van der Waals surface area contributed by atoms with Crippen LogP contribution in [-0.4, -0.2) is 25.6 Å². The van der Waals surface area contributed by atoms with E-state index in [4.69, 9.17) is 4.74 Å². The van der Waals surface area contributed by atoms with E-state index in [0.29, 0.717) is 5.92 Å². The number of hydrogen-bond acceptors (Lipinski definition) is 3. The van der Waals surface area contributed by atoms with Gasteiger partial charge in [0.2, 0.25) is 0 Å². The Morgan fingerprint density at radius 3 is 2.40 bits per heavy atom. The van der Waals surface area contributed by atoms with Gasteiger partial charge in [-0.05, 0) is 73.4 Å². The van der Waals surface area contributed by atoms with Crippen molar-refractivity contribution in [2.45, 2.75) is 59.4 Å². The Labute approximate surface area is 181 Å². The Hall–Kier alpha value is -2.49. The largest absolute Gasteiger partial charge is 0.483 e. The molecule has 162 valence electrons. The lowest BCUT2D eigenvalue weighted by Crippen LogP contribution is -2.33. The van der Waals surface area contributed by atoms with Gasteiger partial charge in [0.15, 0.2) is 6.61 Å². The molecule has 4 heteroatoms. The monoisotopic (exact) mass is 408 g/mol. The minimum absolute atomic E-state index is 0.0254. The molecule has 0 aromatic heterocycles. The van der Waals surface area contributed by atoms with Crippen LogP contribution in [0, 0.1) is 12.8 Å². The molecule has 1 aliphatic heterocycles. The van der Waals surface area contributed by atoms with Crippen molar-refractivity contribution in [3.63, 3.8) is 0 Å². The average Bonchev–Trinajstić information content (AvgIpc) is 2.72. The smallest absolute Gasteiger partial charge is 0.258 e. The van der Waals surface area contributed by atoms with Crippen molar-refractivity contribution < 1.29 is 9.53 Å². The van der Waals surface area contributed by atoms with Gasteiger partial charge in [-0.3, -0.25) is 4.79 Å². The van der Waals surface area contributed by atoms with Crippen LogP contribution in [0.4, 0.5) is 5.69 Å². The lowest BCUT2D eigenvalue weighted by Gasteiger charge is -2.32. The van der Waals surface area contributed by atoms with Crippen LogP contribution in [0.15, 0.2) is 42.5 Å². The molecule has 1 aliphatic rings. The maximum absolute atomic E-state index is 12.5. The van der Waals surface area contributed by atoms with Crippen LogP contribution in [0.3, 0.4) is 0 Å². The van der Waals surface area contributed by atoms with Gasteiger partial charge in [-0.25, -0.2) is 0 Å². The predicted octanol–water partition coefficient (Wildman–Crippen LogP) is 5.61. The van der Waals surface area contributed by atoms with Crippen molar-refractivity contribution in [3.05, 3.63) is 59.2 Å². The minimum atomic E-state index is -0.104. The molecule has 30 heavy (non-hydrogen) atoms. The van der Waals surface area contributed by atoms with Crippen molar-refractivity contribution >= 4 is 11.6 Å². The third-order valence-corrected chi connectivity index (χ3v) is 6.07. The van der Waals surface area contributed by atoms with Crippen molar-refractivity contribution in [2.75, 3.05) is 24.6 Å². The zero-order valence-electron chi connectivity index (χ0n) is 19.1. The van der Waals surface area contributed by atoms with Gasteiger partial charge in [0.05, 0.1) is 6.04 Å². The number of piperidine rings is 1. The van der Waals surface area contributed by atoms with Gasteiger partial charge in [0, 0.05) is 18.8 Å². The number of ether oxygens (including phenoxy) is 1. The first-order chi connectivity index (χ1) is 14.3. The van der Waals surface area contributed by atoms with Crippen LogP contribution < -0.4 is 15.0 Å². The molecule has 0 saturated carbocycles. The molecule has 0 spiro atoms. The molecule has 0 aliphatic carbocycles. The van der Waals surface area contributed by atoms with E-state index in [-0.39, 0.29) is 18.6 Å². The Kier molecular flexibility index (Phi) is 7.41. The first kappa shape index (κ1) is 22.2. The second-order valence-electron chi connectivity index (χ2n) is 9.03. The Morgan fingerprint density at radius 1 is 1.10 bits per heavy atom. The molecule has 3 rings (SSSR count). The molecule has 1 atom stereocenters. The van der Waals surface area contributed by atoms with Crippen molar-refractivity contribution in [3.8, 4) is 5.75 Å². The van der Waals surface area contributed by atoms with Gasteiger partial charge < -0.3 is 15.0 Å². The van der Waals surface area contributed by atoms with E-state index in [9.17, 15) is 4.79 Å². The van der Waals surface area contributed by atoms with E-state index in [0.717, 1.165) is 41.4 Å². The Morgan fingerprint density at radius 2 is 1.77 bits per heavy atom. The van der Waals surface area contributed by atoms with E-state index < -0.39 is 0 Å². The third-order valence-electron chi connectivity index (χ3n) is 6.07. The number of nitrogens with zero attached hydrogens (tertiary/aromatic N) is 1. The third kappa shape index (κ3) is 5.78. The fourth-order valence-electron chi connectivity index (χ4n) is 3.99.